The van der Waals surface area contributed by atoms with Crippen molar-refractivity contribution in [3.63, 3.8) is 0 Å². The predicted molar refractivity (Wildman–Crippen MR) is 55.0 cm³/mol. The summed E-state index contributed by atoms with van der Waals surface area (Å²) in [5, 5.41) is 16.7. The fourth-order valence-electron chi connectivity index (χ4n) is 1.86. The first kappa shape index (κ1) is 10.5. The van der Waals surface area contributed by atoms with E-state index in [1.165, 1.54) is 0 Å². The van der Waals surface area contributed by atoms with E-state index in [1.54, 1.807) is 6.33 Å². The molecule has 0 fully saturated rings. The normalized spacial score (nSPS) is 18.8. The summed E-state index contributed by atoms with van der Waals surface area (Å²) in [6, 6.07) is 0.0458. The largest absolute Gasteiger partial charge is 0.396 e. The second kappa shape index (κ2) is 4.69. The van der Waals surface area contributed by atoms with E-state index < -0.39 is 0 Å². The van der Waals surface area contributed by atoms with Crippen LogP contribution in [0.5, 0.6) is 0 Å². The lowest BCUT2D eigenvalue weighted by atomic mass is 10.2. The van der Waals surface area contributed by atoms with Crippen molar-refractivity contribution in [1.82, 2.24) is 19.7 Å². The predicted octanol–water partition coefficient (Wildman–Crippen LogP) is -1.20. The molecular formula is C9H17N5O. The van der Waals surface area contributed by atoms with Crippen LogP contribution in [0.4, 0.5) is 0 Å². The Bertz CT molecular complexity index is 313. The smallest absolute Gasteiger partial charge is 0.147 e. The third kappa shape index (κ3) is 2.53. The number of rotatable bonds is 4. The summed E-state index contributed by atoms with van der Waals surface area (Å²) in [7, 11) is 0. The van der Waals surface area contributed by atoms with E-state index in [1.807, 2.05) is 0 Å². The van der Waals surface area contributed by atoms with Gasteiger partial charge < -0.3 is 15.4 Å². The Morgan fingerprint density at radius 3 is 3.20 bits per heavy atom. The standard InChI is InChI=1S/C9H17N5O/c10-8(1-4-15)5-13-2-3-14-7-11-12-9(14)6-13/h7-8,15H,1-6,10H2. The Hall–Kier alpha value is -0.980. The van der Waals surface area contributed by atoms with Gasteiger partial charge in [-0.3, -0.25) is 4.90 Å². The number of nitrogens with two attached hydrogens (primary N) is 1. The summed E-state index contributed by atoms with van der Waals surface area (Å²) < 4.78 is 2.06. The van der Waals surface area contributed by atoms with Gasteiger partial charge in [0, 0.05) is 32.3 Å². The molecule has 15 heavy (non-hydrogen) atoms. The molecule has 0 spiro atoms. The van der Waals surface area contributed by atoms with Crippen molar-refractivity contribution in [2.45, 2.75) is 25.6 Å². The second-order valence-electron chi connectivity index (χ2n) is 3.95. The topological polar surface area (TPSA) is 80.2 Å². The maximum atomic E-state index is 8.77. The van der Waals surface area contributed by atoms with Crippen molar-refractivity contribution in [3.8, 4) is 0 Å². The molecule has 0 amide bonds. The summed E-state index contributed by atoms with van der Waals surface area (Å²) in [6.45, 7) is 3.68. The average Bonchev–Trinajstić information content (AvgIpc) is 2.65. The Balaban J connectivity index is 1.87. The quantitative estimate of drug-likeness (QED) is 0.654. The first-order valence-corrected chi connectivity index (χ1v) is 5.25. The van der Waals surface area contributed by atoms with Crippen molar-refractivity contribution >= 4 is 0 Å². The van der Waals surface area contributed by atoms with Crippen LogP contribution >= 0.6 is 0 Å². The summed E-state index contributed by atoms with van der Waals surface area (Å²) in [6.07, 6.45) is 2.42. The molecule has 1 aliphatic rings. The summed E-state index contributed by atoms with van der Waals surface area (Å²) in [5.41, 5.74) is 5.87. The van der Waals surface area contributed by atoms with Crippen LogP contribution in [0.15, 0.2) is 6.33 Å². The van der Waals surface area contributed by atoms with E-state index >= 15 is 0 Å². The molecule has 1 unspecified atom stereocenters. The maximum Gasteiger partial charge on any atom is 0.147 e. The van der Waals surface area contributed by atoms with Crippen molar-refractivity contribution in [2.75, 3.05) is 19.7 Å². The molecule has 84 valence electrons. The molecule has 0 saturated carbocycles. The average molecular weight is 211 g/mol. The van der Waals surface area contributed by atoms with Crippen LogP contribution in [-0.4, -0.2) is 50.5 Å². The molecule has 0 saturated heterocycles. The minimum absolute atomic E-state index is 0.0458. The number of fused-ring (bicyclic) bond motifs is 1. The van der Waals surface area contributed by atoms with Gasteiger partial charge in [-0.05, 0) is 6.42 Å². The van der Waals surface area contributed by atoms with Crippen molar-refractivity contribution in [2.24, 2.45) is 5.73 Å². The molecule has 2 rings (SSSR count). The van der Waals surface area contributed by atoms with Crippen LogP contribution in [0.2, 0.25) is 0 Å². The zero-order chi connectivity index (χ0) is 10.7. The molecule has 0 aliphatic carbocycles. The summed E-state index contributed by atoms with van der Waals surface area (Å²) >= 11 is 0. The highest BCUT2D eigenvalue weighted by atomic mass is 16.3. The summed E-state index contributed by atoms with van der Waals surface area (Å²) in [5.74, 6) is 0.998. The lowest BCUT2D eigenvalue weighted by Crippen LogP contribution is -2.42. The minimum atomic E-state index is 0.0458. The highest BCUT2D eigenvalue weighted by molar-refractivity contribution is 4.90. The van der Waals surface area contributed by atoms with E-state index in [2.05, 4.69) is 19.7 Å². The van der Waals surface area contributed by atoms with Gasteiger partial charge in [-0.2, -0.15) is 0 Å². The molecule has 1 atom stereocenters. The zero-order valence-electron chi connectivity index (χ0n) is 8.71. The molecule has 3 N–H and O–H groups in total. The Labute approximate surface area is 88.7 Å². The van der Waals surface area contributed by atoms with Gasteiger partial charge in [-0.25, -0.2) is 0 Å². The molecular weight excluding hydrogens is 194 g/mol. The van der Waals surface area contributed by atoms with E-state index in [9.17, 15) is 0 Å². The van der Waals surface area contributed by atoms with Gasteiger partial charge in [0.25, 0.3) is 0 Å². The molecule has 2 heterocycles. The van der Waals surface area contributed by atoms with E-state index in [0.29, 0.717) is 6.42 Å². The number of aromatic nitrogens is 3. The maximum absolute atomic E-state index is 8.77. The van der Waals surface area contributed by atoms with Gasteiger partial charge in [0.05, 0.1) is 6.54 Å². The lowest BCUT2D eigenvalue weighted by Gasteiger charge is -2.28. The van der Waals surface area contributed by atoms with Crippen molar-refractivity contribution < 1.29 is 5.11 Å². The fraction of sp³-hybridized carbons (Fsp3) is 0.778. The van der Waals surface area contributed by atoms with Gasteiger partial charge in [0.15, 0.2) is 0 Å². The zero-order valence-corrected chi connectivity index (χ0v) is 8.71. The van der Waals surface area contributed by atoms with Crippen LogP contribution < -0.4 is 5.73 Å². The Morgan fingerprint density at radius 1 is 1.53 bits per heavy atom. The van der Waals surface area contributed by atoms with Crippen LogP contribution in [0, 0.1) is 0 Å². The van der Waals surface area contributed by atoms with Crippen molar-refractivity contribution in [3.05, 3.63) is 12.2 Å². The third-order valence-corrected chi connectivity index (χ3v) is 2.71. The first-order valence-electron chi connectivity index (χ1n) is 5.25. The van der Waals surface area contributed by atoms with Crippen molar-refractivity contribution in [1.29, 1.82) is 0 Å². The van der Waals surface area contributed by atoms with Gasteiger partial charge >= 0.3 is 0 Å². The number of hydrogen-bond acceptors (Lipinski definition) is 5. The number of hydrogen-bond donors (Lipinski definition) is 2. The van der Waals surface area contributed by atoms with Gasteiger partial charge in [0.1, 0.15) is 12.2 Å². The lowest BCUT2D eigenvalue weighted by molar-refractivity contribution is 0.189. The van der Waals surface area contributed by atoms with E-state index in [4.69, 9.17) is 10.8 Å². The molecule has 0 radical (unpaired) electrons. The van der Waals surface area contributed by atoms with Crippen LogP contribution in [0.3, 0.4) is 0 Å². The monoisotopic (exact) mass is 211 g/mol. The van der Waals surface area contributed by atoms with Gasteiger partial charge in [-0.1, -0.05) is 0 Å². The highest BCUT2D eigenvalue weighted by Gasteiger charge is 2.18. The molecule has 0 bridgehead atoms. The van der Waals surface area contributed by atoms with E-state index in [0.717, 1.165) is 32.0 Å². The highest BCUT2D eigenvalue weighted by Crippen LogP contribution is 2.09. The molecule has 1 aromatic heterocycles. The fourth-order valence-corrected chi connectivity index (χ4v) is 1.86. The molecule has 1 aliphatic heterocycles. The molecule has 6 nitrogen and oxygen atoms in total. The van der Waals surface area contributed by atoms with Crippen LogP contribution in [-0.2, 0) is 13.1 Å². The first-order chi connectivity index (χ1) is 7.29. The molecule has 1 aromatic rings. The second-order valence-corrected chi connectivity index (χ2v) is 3.95. The number of nitrogens with zero attached hydrogens (tertiary/aromatic N) is 4. The Kier molecular flexibility index (Phi) is 3.30. The summed E-state index contributed by atoms with van der Waals surface area (Å²) in [4.78, 5) is 2.25. The number of aliphatic hydroxyl groups is 1. The molecule has 6 heteroatoms. The third-order valence-electron chi connectivity index (χ3n) is 2.71. The van der Waals surface area contributed by atoms with Gasteiger partial charge in [-0.15, -0.1) is 10.2 Å². The molecule has 0 aromatic carbocycles. The SMILES string of the molecule is NC(CCO)CN1CCn2cnnc2C1. The van der Waals surface area contributed by atoms with Crippen LogP contribution in [0.25, 0.3) is 0 Å². The number of aliphatic hydroxyl groups excluding tert-OH is 1. The van der Waals surface area contributed by atoms with Crippen LogP contribution in [0.1, 0.15) is 12.2 Å². The van der Waals surface area contributed by atoms with Gasteiger partial charge in [0.2, 0.25) is 0 Å². The van der Waals surface area contributed by atoms with E-state index in [-0.39, 0.29) is 12.6 Å². The Morgan fingerprint density at radius 2 is 2.40 bits per heavy atom. The minimum Gasteiger partial charge on any atom is -0.396 e.